The molecule has 0 saturated heterocycles. The number of ether oxygens (including phenoxy) is 1. The highest BCUT2D eigenvalue weighted by Gasteiger charge is 2.44. The third-order valence-corrected chi connectivity index (χ3v) is 3.08. The first kappa shape index (κ1) is 18.0. The minimum atomic E-state index is -2.34. The molecule has 0 spiro atoms. The molecule has 1 atom stereocenters. The van der Waals surface area contributed by atoms with Crippen molar-refractivity contribution in [3.8, 4) is 0 Å². The highest BCUT2D eigenvalue weighted by molar-refractivity contribution is 5.90. The number of rotatable bonds is 6. The number of methoxy groups -OCH3 is 1. The monoisotopic (exact) mass is 316 g/mol. The third kappa shape index (κ3) is 3.77. The van der Waals surface area contributed by atoms with E-state index in [1.165, 1.54) is 13.8 Å². The summed E-state index contributed by atoms with van der Waals surface area (Å²) in [5, 5.41) is 11.5. The van der Waals surface area contributed by atoms with Crippen LogP contribution in [0.4, 0.5) is 8.78 Å². The van der Waals surface area contributed by atoms with Gasteiger partial charge >= 0.3 is 5.97 Å². The molecule has 1 amide bonds. The summed E-state index contributed by atoms with van der Waals surface area (Å²) in [6.07, 6.45) is -0.737. The Morgan fingerprint density at radius 3 is 2.18 bits per heavy atom. The van der Waals surface area contributed by atoms with Crippen LogP contribution in [0.2, 0.25) is 0 Å². The molecule has 1 aromatic rings. The highest BCUT2D eigenvalue weighted by Crippen LogP contribution is 2.21. The Morgan fingerprint density at radius 1 is 1.32 bits per heavy atom. The lowest BCUT2D eigenvalue weighted by Crippen LogP contribution is -2.63. The van der Waals surface area contributed by atoms with E-state index in [1.54, 1.807) is 0 Å². The summed E-state index contributed by atoms with van der Waals surface area (Å²) >= 11 is 0. The number of nitrogens with two attached hydrogens (primary N) is 1. The molecule has 0 aliphatic rings. The van der Waals surface area contributed by atoms with Crippen LogP contribution in [-0.4, -0.2) is 35.4 Å². The van der Waals surface area contributed by atoms with Crippen LogP contribution in [-0.2, 0) is 20.7 Å². The van der Waals surface area contributed by atoms with E-state index in [0.717, 1.165) is 25.3 Å². The fourth-order valence-electron chi connectivity index (χ4n) is 1.68. The number of halogens is 2. The minimum Gasteiger partial charge on any atom is -0.478 e. The Kier molecular flexibility index (Phi) is 5.21. The molecular weight excluding hydrogens is 298 g/mol. The van der Waals surface area contributed by atoms with Gasteiger partial charge in [-0.3, -0.25) is 4.79 Å². The summed E-state index contributed by atoms with van der Waals surface area (Å²) in [7, 11) is 1.01. The van der Waals surface area contributed by atoms with Gasteiger partial charge in [0.2, 0.25) is 11.6 Å². The second-order valence-corrected chi connectivity index (χ2v) is 5.39. The number of benzene rings is 1. The van der Waals surface area contributed by atoms with Gasteiger partial charge in [0.1, 0.15) is 11.6 Å². The van der Waals surface area contributed by atoms with Crippen LogP contribution < -0.4 is 11.1 Å². The van der Waals surface area contributed by atoms with Gasteiger partial charge in [0.15, 0.2) is 0 Å². The van der Waals surface area contributed by atoms with E-state index in [4.69, 9.17) is 10.5 Å². The topological polar surface area (TPSA) is 102 Å². The maximum Gasteiger partial charge on any atom is 0.357 e. The largest absolute Gasteiger partial charge is 0.478 e. The van der Waals surface area contributed by atoms with E-state index in [9.17, 15) is 23.5 Å². The summed E-state index contributed by atoms with van der Waals surface area (Å²) in [4.78, 5) is 23.5. The van der Waals surface area contributed by atoms with Crippen LogP contribution in [0, 0.1) is 11.6 Å². The Bertz CT molecular complexity index is 566. The van der Waals surface area contributed by atoms with Gasteiger partial charge in [-0.05, 0) is 26.0 Å². The third-order valence-electron chi connectivity index (χ3n) is 3.08. The van der Waals surface area contributed by atoms with Crippen LogP contribution in [0.15, 0.2) is 18.2 Å². The molecule has 6 nitrogen and oxygen atoms in total. The molecule has 0 saturated carbocycles. The molecule has 22 heavy (non-hydrogen) atoms. The van der Waals surface area contributed by atoms with Crippen molar-refractivity contribution >= 4 is 11.9 Å². The van der Waals surface area contributed by atoms with Gasteiger partial charge in [0, 0.05) is 19.1 Å². The Morgan fingerprint density at radius 2 is 1.82 bits per heavy atom. The van der Waals surface area contributed by atoms with E-state index >= 15 is 0 Å². The molecule has 1 aromatic carbocycles. The molecule has 0 unspecified atom stereocenters. The highest BCUT2D eigenvalue weighted by atomic mass is 19.1. The number of carbonyl (C=O) groups is 2. The zero-order chi connectivity index (χ0) is 17.1. The molecule has 0 fully saturated rings. The SMILES string of the molecule is CO[C@@](Cc1c(F)cccc1F)(NC(=O)C(C)(C)N)C(=O)O. The predicted molar refractivity (Wildman–Crippen MR) is 73.8 cm³/mol. The summed E-state index contributed by atoms with van der Waals surface area (Å²) in [6, 6.07) is 3.11. The summed E-state index contributed by atoms with van der Waals surface area (Å²) in [6.45, 7) is 2.71. The Hall–Kier alpha value is -2.06. The zero-order valence-electron chi connectivity index (χ0n) is 12.4. The van der Waals surface area contributed by atoms with Gasteiger partial charge in [-0.25, -0.2) is 13.6 Å². The van der Waals surface area contributed by atoms with E-state index in [1.807, 2.05) is 0 Å². The predicted octanol–water partition coefficient (Wildman–Crippen LogP) is 0.788. The minimum absolute atomic E-state index is 0.512. The molecule has 1 rings (SSSR count). The van der Waals surface area contributed by atoms with Crippen molar-refractivity contribution in [3.05, 3.63) is 35.4 Å². The molecule has 4 N–H and O–H groups in total. The first-order valence-electron chi connectivity index (χ1n) is 6.36. The van der Waals surface area contributed by atoms with Crippen molar-refractivity contribution < 1.29 is 28.2 Å². The number of hydrogen-bond acceptors (Lipinski definition) is 4. The molecule has 0 aromatic heterocycles. The summed E-state index contributed by atoms with van der Waals surface area (Å²) < 4.78 is 32.3. The van der Waals surface area contributed by atoms with E-state index in [-0.39, 0.29) is 0 Å². The number of aliphatic carboxylic acids is 1. The molecule has 0 heterocycles. The molecular formula is C14H18F2N2O4. The first-order chi connectivity index (χ1) is 10.0. The standard InChI is InChI=1S/C14H18F2N2O4/c1-13(2,17)11(19)18-14(22-3,12(20)21)7-8-9(15)5-4-6-10(8)16/h4-6H,7,17H2,1-3H3,(H,18,19)(H,20,21)/t14-/m1/s1. The average Bonchev–Trinajstić information content (AvgIpc) is 2.40. The first-order valence-corrected chi connectivity index (χ1v) is 6.36. The molecule has 8 heteroatoms. The van der Waals surface area contributed by atoms with E-state index < -0.39 is 46.8 Å². The van der Waals surface area contributed by atoms with Crippen molar-refractivity contribution in [2.75, 3.05) is 7.11 Å². The lowest BCUT2D eigenvalue weighted by atomic mass is 9.98. The van der Waals surface area contributed by atoms with Crippen molar-refractivity contribution in [2.24, 2.45) is 5.73 Å². The van der Waals surface area contributed by atoms with Gasteiger partial charge in [0.25, 0.3) is 0 Å². The normalized spacial score (nSPS) is 14.3. The second kappa shape index (κ2) is 6.37. The Labute approximate surface area is 126 Å². The van der Waals surface area contributed by atoms with Crippen LogP contribution in [0.3, 0.4) is 0 Å². The number of amides is 1. The molecule has 0 bridgehead atoms. The Balaban J connectivity index is 3.24. The molecule has 122 valence electrons. The zero-order valence-corrected chi connectivity index (χ0v) is 12.4. The van der Waals surface area contributed by atoms with Gasteiger partial charge in [0.05, 0.1) is 5.54 Å². The fraction of sp³-hybridized carbons (Fsp3) is 0.429. The molecule has 0 aliphatic carbocycles. The van der Waals surface area contributed by atoms with Crippen molar-refractivity contribution in [2.45, 2.75) is 31.5 Å². The number of hydrogen-bond donors (Lipinski definition) is 3. The maximum atomic E-state index is 13.7. The lowest BCUT2D eigenvalue weighted by molar-refractivity contribution is -0.171. The van der Waals surface area contributed by atoms with Gasteiger partial charge in [-0.1, -0.05) is 6.07 Å². The van der Waals surface area contributed by atoms with Gasteiger partial charge in [-0.15, -0.1) is 0 Å². The van der Waals surface area contributed by atoms with E-state index in [0.29, 0.717) is 0 Å². The maximum absolute atomic E-state index is 13.7. The number of carboxylic acids is 1. The van der Waals surface area contributed by atoms with Crippen molar-refractivity contribution in [1.29, 1.82) is 0 Å². The average molecular weight is 316 g/mol. The van der Waals surface area contributed by atoms with Crippen LogP contribution in [0.1, 0.15) is 19.4 Å². The van der Waals surface area contributed by atoms with Crippen LogP contribution in [0.25, 0.3) is 0 Å². The lowest BCUT2D eigenvalue weighted by Gasteiger charge is -2.32. The number of carbonyl (C=O) groups excluding carboxylic acids is 1. The smallest absolute Gasteiger partial charge is 0.357 e. The van der Waals surface area contributed by atoms with E-state index in [2.05, 4.69) is 5.32 Å². The van der Waals surface area contributed by atoms with Gasteiger partial charge < -0.3 is 20.9 Å². The molecule has 0 aliphatic heterocycles. The van der Waals surface area contributed by atoms with Crippen molar-refractivity contribution in [1.82, 2.24) is 5.32 Å². The summed E-state index contributed by atoms with van der Waals surface area (Å²) in [5.41, 5.74) is 1.34. The number of carboxylic acid groups (broad SMARTS) is 1. The van der Waals surface area contributed by atoms with Crippen molar-refractivity contribution in [3.63, 3.8) is 0 Å². The van der Waals surface area contributed by atoms with Gasteiger partial charge in [-0.2, -0.15) is 0 Å². The quantitative estimate of drug-likeness (QED) is 0.674. The second-order valence-electron chi connectivity index (χ2n) is 5.39. The van der Waals surface area contributed by atoms with Crippen LogP contribution in [0.5, 0.6) is 0 Å². The molecule has 0 radical (unpaired) electrons. The van der Waals surface area contributed by atoms with Crippen LogP contribution >= 0.6 is 0 Å². The fourth-order valence-corrected chi connectivity index (χ4v) is 1.68. The number of nitrogens with one attached hydrogen (secondary N) is 1. The summed E-state index contributed by atoms with van der Waals surface area (Å²) in [5.74, 6) is -4.32.